The lowest BCUT2D eigenvalue weighted by atomic mass is 10.3. The van der Waals surface area contributed by atoms with E-state index in [1.165, 1.54) is 31.2 Å². The fourth-order valence-corrected chi connectivity index (χ4v) is 1.52. The molecule has 1 amide bonds. The topological polar surface area (TPSA) is 73.9 Å². The zero-order valence-corrected chi connectivity index (χ0v) is 11.3. The van der Waals surface area contributed by atoms with Gasteiger partial charge in [-0.3, -0.25) is 4.79 Å². The van der Waals surface area contributed by atoms with Crippen molar-refractivity contribution in [3.63, 3.8) is 0 Å². The zero-order chi connectivity index (χ0) is 15.2. The maximum atomic E-state index is 12.7. The summed E-state index contributed by atoms with van der Waals surface area (Å²) in [7, 11) is 0. The molecular weight excluding hydrogens is 281 g/mol. The first-order chi connectivity index (χ1) is 10.1. The van der Waals surface area contributed by atoms with E-state index in [9.17, 15) is 14.0 Å². The smallest absolute Gasteiger partial charge is 0.377 e. The molecular formula is C14H14FNO5. The number of esters is 1. The van der Waals surface area contributed by atoms with Gasteiger partial charge in [-0.05, 0) is 31.2 Å². The van der Waals surface area contributed by atoms with Crippen molar-refractivity contribution in [1.29, 1.82) is 0 Å². The second kappa shape index (κ2) is 6.74. The lowest BCUT2D eigenvalue weighted by molar-refractivity contribution is -0.153. The van der Waals surface area contributed by atoms with Crippen molar-refractivity contribution in [2.75, 3.05) is 18.5 Å². The molecule has 0 spiro atoms. The van der Waals surface area contributed by atoms with E-state index in [2.05, 4.69) is 5.32 Å². The van der Waals surface area contributed by atoms with Gasteiger partial charge in [0, 0.05) is 5.69 Å². The maximum absolute atomic E-state index is 12.7. The third kappa shape index (κ3) is 4.20. The highest BCUT2D eigenvalue weighted by Gasteiger charge is 2.23. The summed E-state index contributed by atoms with van der Waals surface area (Å²) in [5.41, 5.74) is 0.403. The number of benzene rings is 1. The van der Waals surface area contributed by atoms with Gasteiger partial charge in [0.15, 0.2) is 6.10 Å². The number of amides is 1. The van der Waals surface area contributed by atoms with Crippen LogP contribution < -0.4 is 5.32 Å². The van der Waals surface area contributed by atoms with Gasteiger partial charge in [0.25, 0.3) is 5.91 Å². The molecule has 0 aromatic heterocycles. The van der Waals surface area contributed by atoms with Gasteiger partial charge in [-0.2, -0.15) is 0 Å². The van der Waals surface area contributed by atoms with Crippen molar-refractivity contribution in [2.24, 2.45) is 0 Å². The van der Waals surface area contributed by atoms with Gasteiger partial charge in [0.05, 0.1) is 0 Å². The number of hydrogen-bond donors (Lipinski definition) is 1. The summed E-state index contributed by atoms with van der Waals surface area (Å²) in [6, 6.07) is 5.24. The quantitative estimate of drug-likeness (QED) is 0.854. The van der Waals surface area contributed by atoms with Crippen LogP contribution in [0.5, 0.6) is 0 Å². The van der Waals surface area contributed by atoms with E-state index < -0.39 is 23.8 Å². The second-order valence-electron chi connectivity index (χ2n) is 4.25. The molecule has 1 N–H and O–H groups in total. The minimum absolute atomic E-state index is 0.0808. The van der Waals surface area contributed by atoms with Crippen LogP contribution in [0.1, 0.15) is 6.92 Å². The van der Waals surface area contributed by atoms with E-state index >= 15 is 0 Å². The van der Waals surface area contributed by atoms with Crippen LogP contribution in [0.4, 0.5) is 10.1 Å². The third-order valence-electron chi connectivity index (χ3n) is 2.62. The van der Waals surface area contributed by atoms with E-state index in [0.717, 1.165) is 6.26 Å². The number of ether oxygens (including phenoxy) is 3. The molecule has 0 aliphatic carbocycles. The number of carbonyl (C=O) groups is 2. The molecule has 0 unspecified atom stereocenters. The van der Waals surface area contributed by atoms with E-state index in [4.69, 9.17) is 14.2 Å². The van der Waals surface area contributed by atoms with E-state index in [1.54, 1.807) is 0 Å². The number of anilines is 1. The first-order valence-electron chi connectivity index (χ1n) is 6.28. The maximum Gasteiger partial charge on any atom is 0.377 e. The molecule has 6 nitrogen and oxygen atoms in total. The lowest BCUT2D eigenvalue weighted by Gasteiger charge is -2.17. The number of halogens is 1. The van der Waals surface area contributed by atoms with E-state index in [-0.39, 0.29) is 12.4 Å². The van der Waals surface area contributed by atoms with E-state index in [1.807, 2.05) is 0 Å². The molecule has 1 aliphatic heterocycles. The van der Waals surface area contributed by atoms with Gasteiger partial charge in [-0.1, -0.05) is 0 Å². The second-order valence-corrected chi connectivity index (χ2v) is 4.25. The predicted octanol–water partition coefficient (Wildman–Crippen LogP) is 1.58. The molecule has 112 valence electrons. The highest BCUT2D eigenvalue weighted by Crippen LogP contribution is 2.11. The van der Waals surface area contributed by atoms with Gasteiger partial charge < -0.3 is 19.5 Å². The molecule has 1 aromatic carbocycles. The average molecular weight is 295 g/mol. The van der Waals surface area contributed by atoms with Crippen LogP contribution in [0.3, 0.4) is 0 Å². The molecule has 1 aliphatic rings. The molecule has 7 heteroatoms. The number of nitrogens with one attached hydrogen (secondary N) is 1. The Morgan fingerprint density at radius 2 is 2.00 bits per heavy atom. The minimum Gasteiger partial charge on any atom is -0.493 e. The summed E-state index contributed by atoms with van der Waals surface area (Å²) < 4.78 is 27.7. The highest BCUT2D eigenvalue weighted by atomic mass is 19.1. The van der Waals surface area contributed by atoms with Crippen LogP contribution in [0.2, 0.25) is 0 Å². The molecule has 0 radical (unpaired) electrons. The van der Waals surface area contributed by atoms with E-state index in [0.29, 0.717) is 12.3 Å². The monoisotopic (exact) mass is 295 g/mol. The van der Waals surface area contributed by atoms with Crippen molar-refractivity contribution in [2.45, 2.75) is 13.0 Å². The minimum atomic E-state index is -1.03. The third-order valence-corrected chi connectivity index (χ3v) is 2.62. The van der Waals surface area contributed by atoms with Crippen molar-refractivity contribution < 1.29 is 28.2 Å². The van der Waals surface area contributed by atoms with Crippen molar-refractivity contribution >= 4 is 17.6 Å². The Hall–Kier alpha value is -2.57. The fourth-order valence-electron chi connectivity index (χ4n) is 1.52. The first-order valence-corrected chi connectivity index (χ1v) is 6.28. The lowest BCUT2D eigenvalue weighted by Crippen LogP contribution is -2.31. The Morgan fingerprint density at radius 3 is 2.62 bits per heavy atom. The van der Waals surface area contributed by atoms with Gasteiger partial charge in [0.1, 0.15) is 25.3 Å². The molecule has 2 rings (SSSR count). The number of hydrogen-bond acceptors (Lipinski definition) is 5. The van der Waals surface area contributed by atoms with Crippen LogP contribution in [-0.4, -0.2) is 31.2 Å². The largest absolute Gasteiger partial charge is 0.493 e. The molecule has 21 heavy (non-hydrogen) atoms. The first kappa shape index (κ1) is 14.8. The number of carbonyl (C=O) groups excluding carboxylic acids is 2. The molecule has 0 saturated carbocycles. The Kier molecular flexibility index (Phi) is 4.76. The average Bonchev–Trinajstić information content (AvgIpc) is 2.50. The summed E-state index contributed by atoms with van der Waals surface area (Å²) >= 11 is 0. The zero-order valence-electron chi connectivity index (χ0n) is 11.3. The van der Waals surface area contributed by atoms with Crippen LogP contribution in [0.15, 0.2) is 36.3 Å². The Morgan fingerprint density at radius 1 is 1.29 bits per heavy atom. The molecule has 1 atom stereocenters. The molecule has 1 aromatic rings. The summed E-state index contributed by atoms with van der Waals surface area (Å²) in [4.78, 5) is 23.5. The number of rotatable bonds is 4. The summed E-state index contributed by atoms with van der Waals surface area (Å²) in [5.74, 6) is -1.81. The Labute approximate surface area is 120 Å². The Balaban J connectivity index is 1.88. The summed E-state index contributed by atoms with van der Waals surface area (Å²) in [6.45, 7) is 2.02. The standard InChI is InChI=1S/C14H14FNO5/c1-9(21-14(18)12-8-19-6-7-20-12)13(17)16-11-4-2-10(15)3-5-11/h2-5,8-9H,6-7H2,1H3,(H,16,17)/t9-/m0/s1. The summed E-state index contributed by atoms with van der Waals surface area (Å²) in [6.07, 6.45) is 0.116. The molecule has 0 fully saturated rings. The van der Waals surface area contributed by atoms with Gasteiger partial charge in [-0.15, -0.1) is 0 Å². The van der Waals surface area contributed by atoms with Crippen LogP contribution in [0, 0.1) is 5.82 Å². The van der Waals surface area contributed by atoms with Gasteiger partial charge in [-0.25, -0.2) is 9.18 Å². The van der Waals surface area contributed by atoms with Crippen LogP contribution in [0.25, 0.3) is 0 Å². The molecule has 0 saturated heterocycles. The predicted molar refractivity (Wildman–Crippen MR) is 70.6 cm³/mol. The van der Waals surface area contributed by atoms with Crippen molar-refractivity contribution in [3.05, 3.63) is 42.1 Å². The van der Waals surface area contributed by atoms with Crippen molar-refractivity contribution in [3.8, 4) is 0 Å². The van der Waals surface area contributed by atoms with Crippen LogP contribution in [-0.2, 0) is 23.8 Å². The normalized spacial score (nSPS) is 15.0. The summed E-state index contributed by atoms with van der Waals surface area (Å²) in [5, 5.41) is 2.50. The van der Waals surface area contributed by atoms with Gasteiger partial charge in [0.2, 0.25) is 5.76 Å². The van der Waals surface area contributed by atoms with Crippen LogP contribution >= 0.6 is 0 Å². The SMILES string of the molecule is C[C@H](OC(=O)C1=COCCO1)C(=O)Nc1ccc(F)cc1. The van der Waals surface area contributed by atoms with Crippen molar-refractivity contribution in [1.82, 2.24) is 0 Å². The highest BCUT2D eigenvalue weighted by molar-refractivity contribution is 5.96. The van der Waals surface area contributed by atoms with Gasteiger partial charge >= 0.3 is 5.97 Å². The molecule has 0 bridgehead atoms. The fraction of sp³-hybridized carbons (Fsp3) is 0.286. The molecule has 1 heterocycles. The Bertz CT molecular complexity index is 555.